The molecule has 7 heteroatoms. The third-order valence-corrected chi connectivity index (χ3v) is 4.22. The Balaban J connectivity index is 1.76. The van der Waals surface area contributed by atoms with Crippen LogP contribution in [0.3, 0.4) is 0 Å². The second kappa shape index (κ2) is 9.60. The number of nitrogens with zero attached hydrogens (tertiary/aromatic N) is 1. The summed E-state index contributed by atoms with van der Waals surface area (Å²) in [6, 6.07) is 9.04. The molecule has 0 saturated carbocycles. The van der Waals surface area contributed by atoms with E-state index >= 15 is 0 Å². The van der Waals surface area contributed by atoms with Gasteiger partial charge in [-0.3, -0.25) is 9.59 Å². The van der Waals surface area contributed by atoms with Crippen LogP contribution in [-0.2, 0) is 14.3 Å². The number of amides is 3. The summed E-state index contributed by atoms with van der Waals surface area (Å²) >= 11 is 0. The molecule has 26 heavy (non-hydrogen) atoms. The van der Waals surface area contributed by atoms with Crippen molar-refractivity contribution < 1.29 is 19.1 Å². The number of piperidine rings is 1. The smallest absolute Gasteiger partial charge is 0.321 e. The molecule has 1 saturated heterocycles. The number of urea groups is 1. The van der Waals surface area contributed by atoms with Gasteiger partial charge in [0, 0.05) is 25.3 Å². The van der Waals surface area contributed by atoms with Gasteiger partial charge in [0.25, 0.3) is 5.91 Å². The monoisotopic (exact) mass is 359 g/mol. The number of rotatable bonds is 6. The van der Waals surface area contributed by atoms with E-state index in [1.165, 1.54) is 0 Å². The maximum Gasteiger partial charge on any atom is 0.321 e. The minimum absolute atomic E-state index is 0.180. The van der Waals surface area contributed by atoms with Gasteiger partial charge in [-0.25, -0.2) is 4.79 Å². The lowest BCUT2D eigenvalue weighted by Gasteiger charge is -2.31. The summed E-state index contributed by atoms with van der Waals surface area (Å²) in [5.41, 5.74) is 0.735. The number of anilines is 1. The Labute approximate surface area is 153 Å². The largest absolute Gasteiger partial charge is 0.452 e. The van der Waals surface area contributed by atoms with Gasteiger partial charge in [-0.05, 0) is 31.9 Å². The third-order valence-electron chi connectivity index (χ3n) is 4.22. The molecule has 0 bridgehead atoms. The Kier molecular flexibility index (Phi) is 7.20. The summed E-state index contributed by atoms with van der Waals surface area (Å²) in [6.07, 6.45) is 1.74. The minimum Gasteiger partial charge on any atom is -0.452 e. The summed E-state index contributed by atoms with van der Waals surface area (Å²) in [7, 11) is 0. The average Bonchev–Trinajstić information content (AvgIpc) is 2.66. The number of benzene rings is 1. The van der Waals surface area contributed by atoms with Crippen LogP contribution in [0.2, 0.25) is 0 Å². The van der Waals surface area contributed by atoms with Crippen molar-refractivity contribution in [3.8, 4) is 0 Å². The van der Waals surface area contributed by atoms with Crippen LogP contribution < -0.4 is 10.6 Å². The highest BCUT2D eigenvalue weighted by Crippen LogP contribution is 2.20. The first kappa shape index (κ1) is 19.5. The van der Waals surface area contributed by atoms with Crippen molar-refractivity contribution in [2.45, 2.75) is 25.9 Å². The maximum atomic E-state index is 12.2. The van der Waals surface area contributed by atoms with E-state index in [1.54, 1.807) is 17.9 Å². The van der Waals surface area contributed by atoms with Crippen molar-refractivity contribution in [3.63, 3.8) is 0 Å². The number of hydrogen-bond donors (Lipinski definition) is 2. The van der Waals surface area contributed by atoms with Crippen molar-refractivity contribution in [3.05, 3.63) is 43.0 Å². The van der Waals surface area contributed by atoms with Gasteiger partial charge < -0.3 is 20.3 Å². The van der Waals surface area contributed by atoms with E-state index in [9.17, 15) is 14.4 Å². The number of esters is 1. The first-order chi connectivity index (χ1) is 12.5. The van der Waals surface area contributed by atoms with E-state index in [-0.39, 0.29) is 17.9 Å². The van der Waals surface area contributed by atoms with Crippen LogP contribution in [0.1, 0.15) is 19.8 Å². The molecule has 1 aliphatic heterocycles. The van der Waals surface area contributed by atoms with Gasteiger partial charge in [0.1, 0.15) is 0 Å². The summed E-state index contributed by atoms with van der Waals surface area (Å²) in [5, 5.41) is 5.42. The van der Waals surface area contributed by atoms with Crippen LogP contribution in [0, 0.1) is 5.92 Å². The highest BCUT2D eigenvalue weighted by molar-refractivity contribution is 5.89. The first-order valence-electron chi connectivity index (χ1n) is 8.71. The lowest BCUT2D eigenvalue weighted by molar-refractivity contribution is -0.159. The van der Waals surface area contributed by atoms with Crippen LogP contribution in [0.4, 0.5) is 10.5 Å². The Morgan fingerprint density at radius 1 is 1.27 bits per heavy atom. The number of ether oxygens (including phenoxy) is 1. The molecule has 7 nitrogen and oxygen atoms in total. The molecule has 0 unspecified atom stereocenters. The first-order valence-corrected chi connectivity index (χ1v) is 8.71. The molecule has 140 valence electrons. The molecule has 1 heterocycles. The number of likely N-dealkylation sites (tertiary alicyclic amines) is 1. The predicted molar refractivity (Wildman–Crippen MR) is 98.5 cm³/mol. The average molecular weight is 359 g/mol. The van der Waals surface area contributed by atoms with Gasteiger partial charge in [0.05, 0.1) is 5.92 Å². The van der Waals surface area contributed by atoms with E-state index in [4.69, 9.17) is 4.74 Å². The maximum absolute atomic E-state index is 12.2. The van der Waals surface area contributed by atoms with E-state index in [0.29, 0.717) is 32.5 Å². The molecule has 1 aromatic carbocycles. The van der Waals surface area contributed by atoms with Gasteiger partial charge in [0.15, 0.2) is 6.10 Å². The Morgan fingerprint density at radius 3 is 2.54 bits per heavy atom. The molecule has 2 N–H and O–H groups in total. The molecule has 1 aliphatic rings. The Hall–Kier alpha value is -2.83. The minimum atomic E-state index is -0.846. The molecule has 1 atom stereocenters. The van der Waals surface area contributed by atoms with Gasteiger partial charge in [-0.1, -0.05) is 24.3 Å². The van der Waals surface area contributed by atoms with Crippen LogP contribution in [0.15, 0.2) is 43.0 Å². The molecular formula is C19H25N3O4. The standard InChI is InChI=1S/C19H25N3O4/c1-3-11-20-17(23)14(2)26-18(24)15-9-12-22(13-10-15)19(25)21-16-7-5-4-6-8-16/h3-8,14-15H,1,9-13H2,2H3,(H,20,23)(H,21,25)/t14-/m0/s1. The topological polar surface area (TPSA) is 87.7 Å². The number of hydrogen-bond acceptors (Lipinski definition) is 4. The quantitative estimate of drug-likeness (QED) is 0.602. The van der Waals surface area contributed by atoms with E-state index < -0.39 is 12.1 Å². The third kappa shape index (κ3) is 5.61. The fourth-order valence-electron chi connectivity index (χ4n) is 2.68. The van der Waals surface area contributed by atoms with E-state index in [1.807, 2.05) is 30.3 Å². The van der Waals surface area contributed by atoms with Crippen LogP contribution >= 0.6 is 0 Å². The SMILES string of the molecule is C=CCNC(=O)[C@H](C)OC(=O)C1CCN(C(=O)Nc2ccccc2)CC1. The lowest BCUT2D eigenvalue weighted by Crippen LogP contribution is -2.44. The second-order valence-corrected chi connectivity index (χ2v) is 6.17. The predicted octanol–water partition coefficient (Wildman–Crippen LogP) is 2.16. The van der Waals surface area contributed by atoms with Crippen molar-refractivity contribution in [2.24, 2.45) is 5.92 Å². The normalized spacial score (nSPS) is 15.7. The number of para-hydroxylation sites is 1. The van der Waals surface area contributed by atoms with Crippen LogP contribution in [-0.4, -0.2) is 48.5 Å². The highest BCUT2D eigenvalue weighted by atomic mass is 16.5. The molecule has 2 rings (SSSR count). The zero-order valence-corrected chi connectivity index (χ0v) is 14.9. The van der Waals surface area contributed by atoms with Crippen LogP contribution in [0.25, 0.3) is 0 Å². The van der Waals surface area contributed by atoms with Gasteiger partial charge in [0.2, 0.25) is 0 Å². The van der Waals surface area contributed by atoms with E-state index in [0.717, 1.165) is 5.69 Å². The molecular weight excluding hydrogens is 334 g/mol. The Morgan fingerprint density at radius 2 is 1.92 bits per heavy atom. The number of nitrogens with one attached hydrogen (secondary N) is 2. The molecule has 1 aromatic rings. The molecule has 0 radical (unpaired) electrons. The number of carbonyl (C=O) groups is 3. The molecule has 0 aromatic heterocycles. The summed E-state index contributed by atoms with van der Waals surface area (Å²) < 4.78 is 5.24. The molecule has 0 spiro atoms. The molecule has 0 aliphatic carbocycles. The molecule has 3 amide bonds. The lowest BCUT2D eigenvalue weighted by atomic mass is 9.97. The number of carbonyl (C=O) groups excluding carboxylic acids is 3. The van der Waals surface area contributed by atoms with Crippen LogP contribution in [0.5, 0.6) is 0 Å². The van der Waals surface area contributed by atoms with Gasteiger partial charge in [-0.2, -0.15) is 0 Å². The fraction of sp³-hybridized carbons (Fsp3) is 0.421. The fourth-order valence-corrected chi connectivity index (χ4v) is 2.68. The summed E-state index contributed by atoms with van der Waals surface area (Å²) in [4.78, 5) is 37.9. The van der Waals surface area contributed by atoms with Gasteiger partial charge >= 0.3 is 12.0 Å². The van der Waals surface area contributed by atoms with Crippen molar-refractivity contribution in [1.82, 2.24) is 10.2 Å². The van der Waals surface area contributed by atoms with Crippen molar-refractivity contribution in [1.29, 1.82) is 0 Å². The molecule has 1 fully saturated rings. The van der Waals surface area contributed by atoms with Crippen molar-refractivity contribution in [2.75, 3.05) is 25.0 Å². The van der Waals surface area contributed by atoms with Gasteiger partial charge in [-0.15, -0.1) is 6.58 Å². The zero-order valence-electron chi connectivity index (χ0n) is 14.9. The highest BCUT2D eigenvalue weighted by Gasteiger charge is 2.30. The second-order valence-electron chi connectivity index (χ2n) is 6.17. The summed E-state index contributed by atoms with van der Waals surface area (Å²) in [6.45, 7) is 6.32. The zero-order chi connectivity index (χ0) is 18.9. The summed E-state index contributed by atoms with van der Waals surface area (Å²) in [5.74, 6) is -1.04. The Bertz CT molecular complexity index is 639. The van der Waals surface area contributed by atoms with E-state index in [2.05, 4.69) is 17.2 Å². The van der Waals surface area contributed by atoms with Crippen molar-refractivity contribution >= 4 is 23.6 Å².